The summed E-state index contributed by atoms with van der Waals surface area (Å²) >= 11 is 1.10. The molecule has 1 saturated heterocycles. The van der Waals surface area contributed by atoms with Gasteiger partial charge >= 0.3 is 5.97 Å². The van der Waals surface area contributed by atoms with Gasteiger partial charge in [0.05, 0.1) is 23.6 Å². The van der Waals surface area contributed by atoms with Crippen LogP contribution >= 0.6 is 11.3 Å². The molecule has 1 aliphatic rings. The molecule has 3 rings (SSSR count). The number of carbonyl (C=O) groups excluding carboxylic acids is 3. The fourth-order valence-electron chi connectivity index (χ4n) is 4.05. The highest BCUT2D eigenvalue weighted by molar-refractivity contribution is 7.18. The summed E-state index contributed by atoms with van der Waals surface area (Å²) in [5, 5.41) is 5.78. The van der Waals surface area contributed by atoms with Gasteiger partial charge in [-0.25, -0.2) is 4.79 Å². The van der Waals surface area contributed by atoms with Crippen LogP contribution in [0.4, 0.5) is 5.00 Å². The van der Waals surface area contributed by atoms with E-state index in [-0.39, 0.29) is 30.5 Å². The van der Waals surface area contributed by atoms with Gasteiger partial charge in [0.2, 0.25) is 5.91 Å². The van der Waals surface area contributed by atoms with Gasteiger partial charge in [0.1, 0.15) is 5.00 Å². The Hall–Kier alpha value is -2.71. The molecule has 7 nitrogen and oxygen atoms in total. The van der Waals surface area contributed by atoms with E-state index < -0.39 is 5.97 Å². The number of esters is 1. The van der Waals surface area contributed by atoms with Gasteiger partial charge in [-0.3, -0.25) is 14.5 Å². The molecule has 2 N–H and O–H groups in total. The van der Waals surface area contributed by atoms with Crippen molar-refractivity contribution in [1.29, 1.82) is 0 Å². The van der Waals surface area contributed by atoms with Crippen LogP contribution in [0, 0.1) is 12.8 Å². The standard InChI is InChI=1S/C24H31N3O4S/c1-4-31-24(30)20-16(2)21(22(29)25-3)32-23(20)26-19(28)15-27-12-10-18(11-13-27)14-17-8-6-5-7-9-17/h5-9,18H,4,10-15H2,1-3H3,(H,25,29)(H,26,28). The number of thiophene rings is 1. The second-order valence-corrected chi connectivity index (χ2v) is 9.04. The van der Waals surface area contributed by atoms with Crippen LogP contribution in [0.3, 0.4) is 0 Å². The second kappa shape index (κ2) is 11.2. The van der Waals surface area contributed by atoms with Crippen molar-refractivity contribution in [3.8, 4) is 0 Å². The van der Waals surface area contributed by atoms with Crippen LogP contribution in [0.25, 0.3) is 0 Å². The zero-order valence-electron chi connectivity index (χ0n) is 18.9. The Bertz CT molecular complexity index is 950. The predicted molar refractivity (Wildman–Crippen MR) is 126 cm³/mol. The van der Waals surface area contributed by atoms with E-state index in [1.165, 1.54) is 12.6 Å². The van der Waals surface area contributed by atoms with E-state index in [1.807, 2.05) is 6.07 Å². The minimum Gasteiger partial charge on any atom is -0.462 e. The zero-order chi connectivity index (χ0) is 23.1. The van der Waals surface area contributed by atoms with Gasteiger partial charge in [-0.2, -0.15) is 0 Å². The summed E-state index contributed by atoms with van der Waals surface area (Å²) in [6.07, 6.45) is 3.17. The highest BCUT2D eigenvalue weighted by Gasteiger charge is 2.27. The summed E-state index contributed by atoms with van der Waals surface area (Å²) in [5.41, 5.74) is 2.13. The number of hydrogen-bond acceptors (Lipinski definition) is 6. The SMILES string of the molecule is CCOC(=O)c1c(NC(=O)CN2CCC(Cc3ccccc3)CC2)sc(C(=O)NC)c1C. The first kappa shape index (κ1) is 23.9. The minimum atomic E-state index is -0.534. The molecule has 2 amide bonds. The van der Waals surface area contributed by atoms with E-state index in [9.17, 15) is 14.4 Å². The van der Waals surface area contributed by atoms with Crippen molar-refractivity contribution in [3.63, 3.8) is 0 Å². The molecule has 0 bridgehead atoms. The minimum absolute atomic E-state index is 0.193. The second-order valence-electron chi connectivity index (χ2n) is 8.02. The third-order valence-corrected chi connectivity index (χ3v) is 6.96. The molecule has 0 radical (unpaired) electrons. The molecule has 1 aromatic carbocycles. The number of ether oxygens (including phenoxy) is 1. The van der Waals surface area contributed by atoms with Gasteiger partial charge < -0.3 is 15.4 Å². The first-order valence-corrected chi connectivity index (χ1v) is 11.8. The Morgan fingerprint density at radius 2 is 1.84 bits per heavy atom. The maximum atomic E-state index is 12.7. The van der Waals surface area contributed by atoms with Crippen LogP contribution in [-0.4, -0.2) is 56.0 Å². The molecular weight excluding hydrogens is 426 g/mol. The molecule has 2 heterocycles. The molecule has 0 atom stereocenters. The molecule has 0 saturated carbocycles. The van der Waals surface area contributed by atoms with Crippen molar-refractivity contribution in [2.75, 3.05) is 38.6 Å². The van der Waals surface area contributed by atoms with Crippen molar-refractivity contribution < 1.29 is 19.1 Å². The lowest BCUT2D eigenvalue weighted by molar-refractivity contribution is -0.117. The van der Waals surface area contributed by atoms with Crippen LogP contribution in [-0.2, 0) is 16.0 Å². The third-order valence-electron chi connectivity index (χ3n) is 5.75. The average molecular weight is 458 g/mol. The fourth-order valence-corrected chi connectivity index (χ4v) is 5.20. The summed E-state index contributed by atoms with van der Waals surface area (Å²) in [7, 11) is 1.53. The molecule has 2 aromatic rings. The Labute approximate surface area is 193 Å². The highest BCUT2D eigenvalue weighted by Crippen LogP contribution is 2.34. The van der Waals surface area contributed by atoms with Gasteiger partial charge in [0.25, 0.3) is 5.91 Å². The predicted octanol–water partition coefficient (Wildman–Crippen LogP) is 3.49. The molecule has 8 heteroatoms. The van der Waals surface area contributed by atoms with Crippen LogP contribution in [0.2, 0.25) is 0 Å². The average Bonchev–Trinajstić information content (AvgIpc) is 3.11. The highest BCUT2D eigenvalue weighted by atomic mass is 32.1. The number of likely N-dealkylation sites (tertiary alicyclic amines) is 1. The van der Waals surface area contributed by atoms with Crippen molar-refractivity contribution in [2.24, 2.45) is 5.92 Å². The maximum Gasteiger partial charge on any atom is 0.341 e. The monoisotopic (exact) mass is 457 g/mol. The Morgan fingerprint density at radius 1 is 1.16 bits per heavy atom. The molecule has 172 valence electrons. The molecule has 1 aromatic heterocycles. The van der Waals surface area contributed by atoms with Crippen molar-refractivity contribution in [1.82, 2.24) is 10.2 Å². The van der Waals surface area contributed by atoms with Gasteiger partial charge in [-0.15, -0.1) is 11.3 Å². The Kier molecular flexibility index (Phi) is 8.41. The van der Waals surface area contributed by atoms with Crippen molar-refractivity contribution >= 4 is 34.1 Å². The number of carbonyl (C=O) groups is 3. The summed E-state index contributed by atoms with van der Waals surface area (Å²) < 4.78 is 5.14. The number of anilines is 1. The van der Waals surface area contributed by atoms with E-state index in [2.05, 4.69) is 39.8 Å². The van der Waals surface area contributed by atoms with E-state index in [0.717, 1.165) is 43.7 Å². The van der Waals surface area contributed by atoms with Crippen LogP contribution in [0.5, 0.6) is 0 Å². The van der Waals surface area contributed by atoms with Crippen molar-refractivity contribution in [2.45, 2.75) is 33.1 Å². The number of benzene rings is 1. The van der Waals surface area contributed by atoms with Crippen LogP contribution in [0.15, 0.2) is 30.3 Å². The van der Waals surface area contributed by atoms with E-state index in [4.69, 9.17) is 4.74 Å². The molecule has 32 heavy (non-hydrogen) atoms. The number of hydrogen-bond donors (Lipinski definition) is 2. The van der Waals surface area contributed by atoms with E-state index in [1.54, 1.807) is 13.8 Å². The number of nitrogens with zero attached hydrogens (tertiary/aromatic N) is 1. The topological polar surface area (TPSA) is 87.7 Å². The molecular formula is C24H31N3O4S. The van der Waals surface area contributed by atoms with E-state index >= 15 is 0 Å². The Balaban J connectivity index is 1.60. The lowest BCUT2D eigenvalue weighted by Crippen LogP contribution is -2.39. The molecule has 0 unspecified atom stereocenters. The number of piperidine rings is 1. The quantitative estimate of drug-likeness (QED) is 0.593. The largest absolute Gasteiger partial charge is 0.462 e. The number of amides is 2. The van der Waals surface area contributed by atoms with Gasteiger partial charge in [-0.1, -0.05) is 30.3 Å². The van der Waals surface area contributed by atoms with Gasteiger partial charge in [-0.05, 0) is 63.2 Å². The third kappa shape index (κ3) is 5.95. The van der Waals surface area contributed by atoms with Gasteiger partial charge in [0, 0.05) is 7.05 Å². The summed E-state index contributed by atoms with van der Waals surface area (Å²) in [4.78, 5) is 39.9. The smallest absolute Gasteiger partial charge is 0.341 e. The molecule has 0 aliphatic carbocycles. The van der Waals surface area contributed by atoms with Crippen LogP contribution in [0.1, 0.15) is 50.9 Å². The normalized spacial score (nSPS) is 14.7. The summed E-state index contributed by atoms with van der Waals surface area (Å²) in [6.45, 7) is 5.62. The zero-order valence-corrected chi connectivity index (χ0v) is 19.7. The van der Waals surface area contributed by atoms with Crippen LogP contribution < -0.4 is 10.6 Å². The lowest BCUT2D eigenvalue weighted by atomic mass is 9.90. The summed E-state index contributed by atoms with van der Waals surface area (Å²) in [6, 6.07) is 10.5. The summed E-state index contributed by atoms with van der Waals surface area (Å²) in [5.74, 6) is -0.392. The van der Waals surface area contributed by atoms with Gasteiger partial charge in [0.15, 0.2) is 0 Å². The first-order chi connectivity index (χ1) is 15.4. The maximum absolute atomic E-state index is 12.7. The fraction of sp³-hybridized carbons (Fsp3) is 0.458. The number of nitrogens with one attached hydrogen (secondary N) is 2. The Morgan fingerprint density at radius 3 is 2.47 bits per heavy atom. The number of rotatable bonds is 8. The van der Waals surface area contributed by atoms with E-state index in [0.29, 0.717) is 21.4 Å². The first-order valence-electron chi connectivity index (χ1n) is 11.0. The molecule has 1 fully saturated rings. The molecule has 1 aliphatic heterocycles. The lowest BCUT2D eigenvalue weighted by Gasteiger charge is -2.31. The van der Waals surface area contributed by atoms with Crippen molar-refractivity contribution in [3.05, 3.63) is 51.9 Å². The molecule has 0 spiro atoms.